The molecule has 0 spiro atoms. The molecule has 0 atom stereocenters. The number of aromatic nitrogens is 1. The van der Waals surface area contributed by atoms with E-state index in [1.165, 1.54) is 0 Å². The largest absolute Gasteiger partial charge is 0.493 e. The molecular weight excluding hydrogens is 292 g/mol. The molecule has 2 aromatic rings. The van der Waals surface area contributed by atoms with Crippen LogP contribution in [0.1, 0.15) is 30.4 Å². The average molecular weight is 314 g/mol. The summed E-state index contributed by atoms with van der Waals surface area (Å²) in [6.07, 6.45) is 3.68. The second-order valence-electron chi connectivity index (χ2n) is 5.29. The maximum Gasteiger partial charge on any atom is 0.162 e. The minimum absolute atomic E-state index is 0.251. The monoisotopic (exact) mass is 314 g/mol. The fourth-order valence-electron chi connectivity index (χ4n) is 2.68. The predicted octanol–water partition coefficient (Wildman–Crippen LogP) is 2.38. The van der Waals surface area contributed by atoms with Gasteiger partial charge in [0.2, 0.25) is 0 Å². The zero-order chi connectivity index (χ0) is 16.8. The Bertz CT molecular complexity index is 738. The number of nitrogens with two attached hydrogens (primary N) is 2. The van der Waals surface area contributed by atoms with Gasteiger partial charge < -0.3 is 20.9 Å². The molecule has 122 valence electrons. The smallest absolute Gasteiger partial charge is 0.162 e. The summed E-state index contributed by atoms with van der Waals surface area (Å²) < 4.78 is 10.7. The number of rotatable bonds is 7. The van der Waals surface area contributed by atoms with Crippen LogP contribution in [-0.4, -0.2) is 25.7 Å². The highest BCUT2D eigenvalue weighted by atomic mass is 16.5. The van der Waals surface area contributed by atoms with Crippen molar-refractivity contribution in [1.29, 1.82) is 5.26 Å². The van der Waals surface area contributed by atoms with Gasteiger partial charge >= 0.3 is 0 Å². The van der Waals surface area contributed by atoms with E-state index in [1.807, 2.05) is 6.07 Å². The Hall–Kier alpha value is -2.52. The van der Waals surface area contributed by atoms with Gasteiger partial charge in [0.05, 0.1) is 25.3 Å². The number of nitrogens with zero attached hydrogens (tertiary/aromatic N) is 2. The Kier molecular flexibility index (Phi) is 5.61. The van der Waals surface area contributed by atoms with Crippen molar-refractivity contribution < 1.29 is 9.47 Å². The molecule has 0 bridgehead atoms. The number of hydrogen-bond donors (Lipinski definition) is 2. The SMILES string of the molecule is COc1cc2nc(N)c(C#N)c(CCCCCN)c2cc1OC. The molecule has 23 heavy (non-hydrogen) atoms. The molecule has 6 heteroatoms. The lowest BCUT2D eigenvalue weighted by molar-refractivity contribution is 0.356. The van der Waals surface area contributed by atoms with E-state index >= 15 is 0 Å². The number of aryl methyl sites for hydroxylation is 1. The van der Waals surface area contributed by atoms with E-state index in [9.17, 15) is 5.26 Å². The topological polar surface area (TPSA) is 107 Å². The number of pyridine rings is 1. The predicted molar refractivity (Wildman–Crippen MR) is 90.6 cm³/mol. The Labute approximate surface area is 136 Å². The highest BCUT2D eigenvalue weighted by molar-refractivity contribution is 5.89. The van der Waals surface area contributed by atoms with Gasteiger partial charge in [-0.25, -0.2) is 4.98 Å². The van der Waals surface area contributed by atoms with Crippen LogP contribution in [0.15, 0.2) is 12.1 Å². The number of unbranched alkanes of at least 4 members (excludes halogenated alkanes) is 2. The van der Waals surface area contributed by atoms with E-state index < -0.39 is 0 Å². The molecule has 2 rings (SSSR count). The van der Waals surface area contributed by atoms with Crippen molar-refractivity contribution in [3.8, 4) is 17.6 Å². The van der Waals surface area contributed by atoms with Gasteiger partial charge in [-0.05, 0) is 37.4 Å². The van der Waals surface area contributed by atoms with Crippen LogP contribution < -0.4 is 20.9 Å². The van der Waals surface area contributed by atoms with Crippen LogP contribution in [0.5, 0.6) is 11.5 Å². The zero-order valence-electron chi connectivity index (χ0n) is 13.6. The van der Waals surface area contributed by atoms with E-state index in [0.29, 0.717) is 29.1 Å². The maximum absolute atomic E-state index is 9.44. The lowest BCUT2D eigenvalue weighted by atomic mass is 9.97. The van der Waals surface area contributed by atoms with E-state index in [-0.39, 0.29) is 5.82 Å². The molecule has 0 aliphatic carbocycles. The molecule has 0 aliphatic rings. The summed E-state index contributed by atoms with van der Waals surface area (Å²) in [6.45, 7) is 0.676. The molecule has 0 amide bonds. The molecule has 1 aromatic carbocycles. The number of anilines is 1. The van der Waals surface area contributed by atoms with Crippen molar-refractivity contribution >= 4 is 16.7 Å². The van der Waals surface area contributed by atoms with Crippen LogP contribution in [0.4, 0.5) is 5.82 Å². The Balaban J connectivity index is 2.57. The lowest BCUT2D eigenvalue weighted by Gasteiger charge is -2.14. The second kappa shape index (κ2) is 7.65. The van der Waals surface area contributed by atoms with E-state index in [1.54, 1.807) is 20.3 Å². The molecule has 0 saturated carbocycles. The lowest BCUT2D eigenvalue weighted by Crippen LogP contribution is -2.04. The standard InChI is InChI=1S/C17H22N4O2/c1-22-15-8-12-11(6-4-3-5-7-18)13(10-19)17(20)21-14(12)9-16(15)23-2/h8-9H,3-7,18H2,1-2H3,(H2,20,21). The molecule has 0 unspecified atom stereocenters. The van der Waals surface area contributed by atoms with Crippen molar-refractivity contribution in [3.63, 3.8) is 0 Å². The summed E-state index contributed by atoms with van der Waals surface area (Å²) in [5, 5.41) is 10.3. The van der Waals surface area contributed by atoms with Gasteiger partial charge in [0, 0.05) is 11.5 Å². The molecule has 6 nitrogen and oxygen atoms in total. The average Bonchev–Trinajstić information content (AvgIpc) is 2.57. The van der Waals surface area contributed by atoms with Gasteiger partial charge in [-0.15, -0.1) is 0 Å². The highest BCUT2D eigenvalue weighted by Crippen LogP contribution is 2.35. The third kappa shape index (κ3) is 3.46. The van der Waals surface area contributed by atoms with Crippen molar-refractivity contribution in [1.82, 2.24) is 4.98 Å². The normalized spacial score (nSPS) is 10.5. The van der Waals surface area contributed by atoms with Gasteiger partial charge in [0.15, 0.2) is 11.5 Å². The third-order valence-corrected chi connectivity index (χ3v) is 3.87. The van der Waals surface area contributed by atoms with Crippen molar-refractivity contribution in [2.45, 2.75) is 25.7 Å². The summed E-state index contributed by atoms with van der Waals surface area (Å²) in [4.78, 5) is 4.34. The first-order valence-electron chi connectivity index (χ1n) is 7.60. The first-order chi connectivity index (χ1) is 11.2. The van der Waals surface area contributed by atoms with Crippen molar-refractivity contribution in [2.24, 2.45) is 5.73 Å². The number of nitriles is 1. The molecule has 0 fully saturated rings. The minimum Gasteiger partial charge on any atom is -0.493 e. The van der Waals surface area contributed by atoms with Crippen LogP contribution in [0, 0.1) is 11.3 Å². The quantitative estimate of drug-likeness (QED) is 0.760. The van der Waals surface area contributed by atoms with Crippen LogP contribution in [0.2, 0.25) is 0 Å². The van der Waals surface area contributed by atoms with Gasteiger partial charge in [0.25, 0.3) is 0 Å². The summed E-state index contributed by atoms with van der Waals surface area (Å²) in [6, 6.07) is 5.83. The number of methoxy groups -OCH3 is 2. The van der Waals surface area contributed by atoms with E-state index in [2.05, 4.69) is 11.1 Å². The first-order valence-corrected chi connectivity index (χ1v) is 7.60. The van der Waals surface area contributed by atoms with Crippen LogP contribution in [0.3, 0.4) is 0 Å². The fraction of sp³-hybridized carbons (Fsp3) is 0.412. The number of ether oxygens (including phenoxy) is 2. The van der Waals surface area contributed by atoms with Gasteiger partial charge in [-0.3, -0.25) is 0 Å². The molecule has 4 N–H and O–H groups in total. The molecule has 0 radical (unpaired) electrons. The molecule has 1 aromatic heterocycles. The van der Waals surface area contributed by atoms with Crippen molar-refractivity contribution in [3.05, 3.63) is 23.3 Å². The number of nitrogen functional groups attached to an aromatic ring is 1. The van der Waals surface area contributed by atoms with Gasteiger partial charge in [-0.2, -0.15) is 5.26 Å². The number of benzene rings is 1. The third-order valence-electron chi connectivity index (χ3n) is 3.87. The van der Waals surface area contributed by atoms with E-state index in [0.717, 1.165) is 36.6 Å². The van der Waals surface area contributed by atoms with Crippen molar-refractivity contribution in [2.75, 3.05) is 26.5 Å². The molecular formula is C17H22N4O2. The Morgan fingerprint density at radius 1 is 1.13 bits per heavy atom. The van der Waals surface area contributed by atoms with Crippen LogP contribution in [-0.2, 0) is 6.42 Å². The van der Waals surface area contributed by atoms with E-state index in [4.69, 9.17) is 20.9 Å². The van der Waals surface area contributed by atoms with Gasteiger partial charge in [-0.1, -0.05) is 6.42 Å². The second-order valence-corrected chi connectivity index (χ2v) is 5.29. The number of fused-ring (bicyclic) bond motifs is 1. The molecule has 0 saturated heterocycles. The summed E-state index contributed by atoms with van der Waals surface area (Å²) in [5.74, 6) is 1.45. The minimum atomic E-state index is 0.251. The highest BCUT2D eigenvalue weighted by Gasteiger charge is 2.16. The molecule has 1 heterocycles. The first kappa shape index (κ1) is 16.8. The summed E-state index contributed by atoms with van der Waals surface area (Å²) in [5.41, 5.74) is 13.6. The van der Waals surface area contributed by atoms with Gasteiger partial charge in [0.1, 0.15) is 11.9 Å². The maximum atomic E-state index is 9.44. The van der Waals surface area contributed by atoms with Crippen LogP contribution in [0.25, 0.3) is 10.9 Å². The van der Waals surface area contributed by atoms with Crippen LogP contribution >= 0.6 is 0 Å². The summed E-state index contributed by atoms with van der Waals surface area (Å²) in [7, 11) is 3.16. The summed E-state index contributed by atoms with van der Waals surface area (Å²) >= 11 is 0. The molecule has 0 aliphatic heterocycles. The zero-order valence-corrected chi connectivity index (χ0v) is 13.6. The Morgan fingerprint density at radius 3 is 2.43 bits per heavy atom. The number of hydrogen-bond acceptors (Lipinski definition) is 6. The fourth-order valence-corrected chi connectivity index (χ4v) is 2.68. The Morgan fingerprint density at radius 2 is 1.83 bits per heavy atom.